The minimum atomic E-state index is -0.377. The molecular formula is C17H16ClN3O2. The molecule has 0 bridgehead atoms. The molecule has 0 aliphatic heterocycles. The van der Waals surface area contributed by atoms with Crippen LogP contribution < -0.4 is 0 Å². The maximum atomic E-state index is 11.1. The Morgan fingerprint density at radius 1 is 1.22 bits per heavy atom. The molecule has 0 radical (unpaired) electrons. The highest BCUT2D eigenvalue weighted by atomic mass is 35.5. The average molecular weight is 330 g/mol. The van der Waals surface area contributed by atoms with Crippen molar-refractivity contribution in [1.82, 2.24) is 9.88 Å². The first-order chi connectivity index (χ1) is 11.0. The van der Waals surface area contributed by atoms with Gasteiger partial charge in [0.15, 0.2) is 0 Å². The summed E-state index contributed by atoms with van der Waals surface area (Å²) < 4.78 is 0. The van der Waals surface area contributed by atoms with Gasteiger partial charge in [0.25, 0.3) is 5.69 Å². The second-order valence-electron chi connectivity index (χ2n) is 5.62. The first-order valence-corrected chi connectivity index (χ1v) is 7.53. The summed E-state index contributed by atoms with van der Waals surface area (Å²) in [7, 11) is 3.89. The molecule has 3 rings (SSSR count). The monoisotopic (exact) mass is 329 g/mol. The number of rotatable bonds is 4. The summed E-state index contributed by atoms with van der Waals surface area (Å²) in [5.74, 6) is 0. The van der Waals surface area contributed by atoms with Crippen LogP contribution in [0.25, 0.3) is 10.9 Å². The normalized spacial score (nSPS) is 12.7. The minimum absolute atomic E-state index is 0.0836. The topological polar surface area (TPSA) is 62.2 Å². The summed E-state index contributed by atoms with van der Waals surface area (Å²) in [5.41, 5.74) is 2.88. The number of nitro groups is 1. The van der Waals surface area contributed by atoms with Crippen molar-refractivity contribution >= 4 is 28.2 Å². The van der Waals surface area contributed by atoms with Gasteiger partial charge < -0.3 is 4.98 Å². The highest BCUT2D eigenvalue weighted by Crippen LogP contribution is 2.36. The van der Waals surface area contributed by atoms with Gasteiger partial charge in [0.05, 0.1) is 16.0 Å². The molecule has 0 spiro atoms. The second-order valence-corrected chi connectivity index (χ2v) is 6.03. The fourth-order valence-corrected chi connectivity index (χ4v) is 3.23. The van der Waals surface area contributed by atoms with Gasteiger partial charge in [-0.2, -0.15) is 0 Å². The molecule has 5 nitrogen and oxygen atoms in total. The number of benzene rings is 2. The number of nitro benzene ring substituents is 1. The van der Waals surface area contributed by atoms with Gasteiger partial charge in [-0.1, -0.05) is 29.8 Å². The number of H-pyrrole nitrogens is 1. The molecule has 23 heavy (non-hydrogen) atoms. The van der Waals surface area contributed by atoms with Crippen molar-refractivity contribution in [2.24, 2.45) is 0 Å². The van der Waals surface area contributed by atoms with Crippen LogP contribution >= 0.6 is 11.6 Å². The number of aromatic amines is 1. The zero-order valence-corrected chi connectivity index (χ0v) is 13.5. The molecule has 6 heteroatoms. The van der Waals surface area contributed by atoms with E-state index in [2.05, 4.69) is 4.98 Å². The summed E-state index contributed by atoms with van der Waals surface area (Å²) in [4.78, 5) is 15.9. The lowest BCUT2D eigenvalue weighted by molar-refractivity contribution is -0.384. The number of aromatic nitrogens is 1. The zero-order valence-electron chi connectivity index (χ0n) is 12.8. The molecule has 1 unspecified atom stereocenters. The van der Waals surface area contributed by atoms with Crippen LogP contribution in [0.5, 0.6) is 0 Å². The van der Waals surface area contributed by atoms with Gasteiger partial charge in [0.1, 0.15) is 0 Å². The molecule has 0 aliphatic rings. The van der Waals surface area contributed by atoms with Crippen molar-refractivity contribution in [1.29, 1.82) is 0 Å². The maximum Gasteiger partial charge on any atom is 0.269 e. The van der Waals surface area contributed by atoms with E-state index < -0.39 is 0 Å². The molecule has 0 saturated carbocycles. The Balaban J connectivity index is 2.19. The SMILES string of the molecule is CN(C)C(c1cccc([N+](=O)[O-])c1)c1c[nH]c2cccc(Cl)c12. The Morgan fingerprint density at radius 3 is 2.65 bits per heavy atom. The molecule has 0 amide bonds. The molecule has 1 heterocycles. The fourth-order valence-electron chi connectivity index (χ4n) is 2.95. The van der Waals surface area contributed by atoms with E-state index in [1.54, 1.807) is 12.1 Å². The lowest BCUT2D eigenvalue weighted by atomic mass is 9.97. The molecule has 3 aromatic rings. The molecule has 1 atom stereocenters. The van der Waals surface area contributed by atoms with Gasteiger partial charge >= 0.3 is 0 Å². The highest BCUT2D eigenvalue weighted by molar-refractivity contribution is 6.35. The lowest BCUT2D eigenvalue weighted by Gasteiger charge is -2.24. The Hall–Kier alpha value is -2.37. The summed E-state index contributed by atoms with van der Waals surface area (Å²) >= 11 is 6.37. The second kappa shape index (κ2) is 6.02. The molecule has 118 valence electrons. The van der Waals surface area contributed by atoms with Gasteiger partial charge in [0, 0.05) is 34.8 Å². The third-order valence-corrected chi connectivity index (χ3v) is 4.21. The fraction of sp³-hybridized carbons (Fsp3) is 0.176. The van der Waals surface area contributed by atoms with E-state index >= 15 is 0 Å². The van der Waals surface area contributed by atoms with E-state index in [1.165, 1.54) is 6.07 Å². The zero-order chi connectivity index (χ0) is 16.6. The smallest absolute Gasteiger partial charge is 0.269 e. The number of halogens is 1. The standard InChI is InChI=1S/C17H16ClN3O2/c1-20(2)17(11-5-3-6-12(9-11)21(22)23)13-10-19-15-8-4-7-14(18)16(13)15/h3-10,17,19H,1-2H3. The van der Waals surface area contributed by atoms with Gasteiger partial charge in [0.2, 0.25) is 0 Å². The number of hydrogen-bond acceptors (Lipinski definition) is 3. The predicted molar refractivity (Wildman–Crippen MR) is 91.9 cm³/mol. The summed E-state index contributed by atoms with van der Waals surface area (Å²) in [5, 5.41) is 12.7. The average Bonchev–Trinajstić information content (AvgIpc) is 2.93. The number of nitrogens with one attached hydrogen (secondary N) is 1. The first kappa shape index (κ1) is 15.5. The van der Waals surface area contributed by atoms with Crippen molar-refractivity contribution in [3.05, 3.63) is 74.9 Å². The first-order valence-electron chi connectivity index (χ1n) is 7.15. The third-order valence-electron chi connectivity index (χ3n) is 3.89. The van der Waals surface area contributed by atoms with E-state index in [0.29, 0.717) is 5.02 Å². The van der Waals surface area contributed by atoms with E-state index in [4.69, 9.17) is 11.6 Å². The molecule has 0 fully saturated rings. The van der Waals surface area contributed by atoms with E-state index in [9.17, 15) is 10.1 Å². The summed E-state index contributed by atoms with van der Waals surface area (Å²) in [6, 6.07) is 12.3. The Bertz CT molecular complexity index is 873. The van der Waals surface area contributed by atoms with Crippen molar-refractivity contribution < 1.29 is 4.92 Å². The minimum Gasteiger partial charge on any atom is -0.361 e. The Morgan fingerprint density at radius 2 is 1.96 bits per heavy atom. The van der Waals surface area contributed by atoms with Crippen molar-refractivity contribution in [2.45, 2.75) is 6.04 Å². The van der Waals surface area contributed by atoms with E-state index in [-0.39, 0.29) is 16.7 Å². The summed E-state index contributed by atoms with van der Waals surface area (Å²) in [6.45, 7) is 0. The van der Waals surface area contributed by atoms with E-state index in [1.807, 2.05) is 49.5 Å². The van der Waals surface area contributed by atoms with Crippen LogP contribution in [-0.2, 0) is 0 Å². The highest BCUT2D eigenvalue weighted by Gasteiger charge is 2.23. The van der Waals surface area contributed by atoms with Crippen molar-refractivity contribution in [3.63, 3.8) is 0 Å². The van der Waals surface area contributed by atoms with Crippen LogP contribution in [-0.4, -0.2) is 28.9 Å². The number of nitrogens with zero attached hydrogens (tertiary/aromatic N) is 2. The van der Waals surface area contributed by atoms with Crippen LogP contribution in [0.15, 0.2) is 48.7 Å². The number of hydrogen-bond donors (Lipinski definition) is 1. The predicted octanol–water partition coefficient (Wildman–Crippen LogP) is 4.38. The Kier molecular flexibility index (Phi) is 4.07. The maximum absolute atomic E-state index is 11.1. The Labute approximate surface area is 138 Å². The number of non-ortho nitro benzene ring substituents is 1. The molecule has 1 aromatic heterocycles. The molecule has 2 aromatic carbocycles. The van der Waals surface area contributed by atoms with Crippen LogP contribution in [0, 0.1) is 10.1 Å². The van der Waals surface area contributed by atoms with Crippen molar-refractivity contribution in [3.8, 4) is 0 Å². The number of fused-ring (bicyclic) bond motifs is 1. The summed E-state index contributed by atoms with van der Waals surface area (Å²) in [6.07, 6.45) is 1.92. The van der Waals surface area contributed by atoms with Gasteiger partial charge in [-0.25, -0.2) is 0 Å². The van der Waals surface area contributed by atoms with Gasteiger partial charge in [-0.05, 0) is 31.8 Å². The van der Waals surface area contributed by atoms with Crippen LogP contribution in [0.1, 0.15) is 17.2 Å². The molecule has 0 aliphatic carbocycles. The molecule has 1 N–H and O–H groups in total. The van der Waals surface area contributed by atoms with E-state index in [0.717, 1.165) is 22.0 Å². The van der Waals surface area contributed by atoms with Crippen molar-refractivity contribution in [2.75, 3.05) is 14.1 Å². The largest absolute Gasteiger partial charge is 0.361 e. The lowest BCUT2D eigenvalue weighted by Crippen LogP contribution is -2.21. The molecular weight excluding hydrogens is 314 g/mol. The van der Waals surface area contributed by atoms with Crippen LogP contribution in [0.2, 0.25) is 5.02 Å². The van der Waals surface area contributed by atoms with Gasteiger partial charge in [-0.15, -0.1) is 0 Å². The van der Waals surface area contributed by atoms with Crippen LogP contribution in [0.4, 0.5) is 5.69 Å². The van der Waals surface area contributed by atoms with Gasteiger partial charge in [-0.3, -0.25) is 15.0 Å². The van der Waals surface area contributed by atoms with Crippen LogP contribution in [0.3, 0.4) is 0 Å². The third kappa shape index (κ3) is 2.81. The molecule has 0 saturated heterocycles. The quantitative estimate of drug-likeness (QED) is 0.570.